The van der Waals surface area contributed by atoms with Gasteiger partial charge >= 0.3 is 0 Å². The summed E-state index contributed by atoms with van der Waals surface area (Å²) in [6, 6.07) is 7.99. The molecular weight excluding hydrogens is 328 g/mol. The van der Waals surface area contributed by atoms with Gasteiger partial charge in [0.15, 0.2) is 11.6 Å². The third-order valence-electron chi connectivity index (χ3n) is 4.64. The Labute approximate surface area is 153 Å². The van der Waals surface area contributed by atoms with Crippen molar-refractivity contribution in [2.24, 2.45) is 7.05 Å². The number of nitrogens with zero attached hydrogens (tertiary/aromatic N) is 5. The van der Waals surface area contributed by atoms with Gasteiger partial charge in [0.05, 0.1) is 29.9 Å². The van der Waals surface area contributed by atoms with Crippen LogP contribution in [0, 0.1) is 0 Å². The van der Waals surface area contributed by atoms with E-state index in [0.717, 1.165) is 61.1 Å². The van der Waals surface area contributed by atoms with Crippen LogP contribution >= 0.6 is 0 Å². The minimum atomic E-state index is 0.682. The van der Waals surface area contributed by atoms with E-state index >= 15 is 0 Å². The Kier molecular flexibility index (Phi) is 4.71. The fourth-order valence-electron chi connectivity index (χ4n) is 3.31. The van der Waals surface area contributed by atoms with Gasteiger partial charge in [0.2, 0.25) is 0 Å². The number of anilines is 2. The molecule has 0 atom stereocenters. The van der Waals surface area contributed by atoms with Crippen molar-refractivity contribution in [1.29, 1.82) is 0 Å². The molecule has 26 heavy (non-hydrogen) atoms. The second-order valence-electron chi connectivity index (χ2n) is 6.47. The highest BCUT2D eigenvalue weighted by molar-refractivity contribution is 5.80. The van der Waals surface area contributed by atoms with Crippen LogP contribution in [0.1, 0.15) is 18.2 Å². The molecule has 1 saturated heterocycles. The summed E-state index contributed by atoms with van der Waals surface area (Å²) >= 11 is 0. The van der Waals surface area contributed by atoms with Gasteiger partial charge in [-0.3, -0.25) is 4.68 Å². The second-order valence-corrected chi connectivity index (χ2v) is 6.47. The molecule has 0 spiro atoms. The van der Waals surface area contributed by atoms with Crippen LogP contribution in [0.15, 0.2) is 30.5 Å². The van der Waals surface area contributed by atoms with Gasteiger partial charge < -0.3 is 15.0 Å². The topological polar surface area (TPSA) is 68.1 Å². The van der Waals surface area contributed by atoms with E-state index in [0.29, 0.717) is 6.54 Å². The molecule has 0 radical (unpaired) electrons. The van der Waals surface area contributed by atoms with E-state index in [1.54, 1.807) is 0 Å². The van der Waals surface area contributed by atoms with Gasteiger partial charge in [0.25, 0.3) is 0 Å². The second kappa shape index (κ2) is 7.29. The molecule has 0 saturated carbocycles. The monoisotopic (exact) mass is 352 g/mol. The molecule has 0 unspecified atom stereocenters. The summed E-state index contributed by atoms with van der Waals surface area (Å²) in [5.74, 6) is 1.71. The first-order valence-electron chi connectivity index (χ1n) is 9.09. The molecule has 0 aliphatic carbocycles. The van der Waals surface area contributed by atoms with Crippen molar-refractivity contribution in [2.75, 3.05) is 36.5 Å². The molecule has 1 aliphatic heterocycles. The smallest absolute Gasteiger partial charge is 0.172 e. The van der Waals surface area contributed by atoms with Gasteiger partial charge in [0.1, 0.15) is 0 Å². The molecule has 0 bridgehead atoms. The molecule has 3 aromatic rings. The molecule has 7 nitrogen and oxygen atoms in total. The van der Waals surface area contributed by atoms with Crippen LogP contribution in [0.5, 0.6) is 0 Å². The zero-order valence-electron chi connectivity index (χ0n) is 15.3. The summed E-state index contributed by atoms with van der Waals surface area (Å²) in [7, 11) is 1.96. The maximum atomic E-state index is 5.49. The largest absolute Gasteiger partial charge is 0.378 e. The van der Waals surface area contributed by atoms with E-state index in [2.05, 4.69) is 28.4 Å². The number of ether oxygens (including phenoxy) is 1. The number of aromatic nitrogens is 4. The zero-order chi connectivity index (χ0) is 17.9. The van der Waals surface area contributed by atoms with Crippen LogP contribution in [-0.2, 0) is 24.8 Å². The quantitative estimate of drug-likeness (QED) is 0.760. The van der Waals surface area contributed by atoms with Crippen molar-refractivity contribution in [3.05, 3.63) is 41.7 Å². The number of hydrogen-bond donors (Lipinski definition) is 1. The molecule has 1 aliphatic rings. The Morgan fingerprint density at radius 1 is 1.12 bits per heavy atom. The maximum Gasteiger partial charge on any atom is 0.172 e. The summed E-state index contributed by atoms with van der Waals surface area (Å²) in [4.78, 5) is 12.0. The zero-order valence-corrected chi connectivity index (χ0v) is 15.3. The summed E-state index contributed by atoms with van der Waals surface area (Å²) in [5, 5.41) is 8.01. The van der Waals surface area contributed by atoms with Crippen LogP contribution in [-0.4, -0.2) is 46.1 Å². The highest BCUT2D eigenvalue weighted by Crippen LogP contribution is 2.26. The Hall–Kier alpha value is -2.67. The lowest BCUT2D eigenvalue weighted by Gasteiger charge is -2.29. The van der Waals surface area contributed by atoms with Gasteiger partial charge in [-0.15, -0.1) is 0 Å². The van der Waals surface area contributed by atoms with E-state index in [-0.39, 0.29) is 0 Å². The van der Waals surface area contributed by atoms with Gasteiger partial charge in [-0.05, 0) is 18.6 Å². The lowest BCUT2D eigenvalue weighted by atomic mass is 10.2. The van der Waals surface area contributed by atoms with Crippen molar-refractivity contribution in [3.63, 3.8) is 0 Å². The van der Waals surface area contributed by atoms with Crippen molar-refractivity contribution in [2.45, 2.75) is 19.9 Å². The fraction of sp³-hybridized carbons (Fsp3) is 0.421. The number of para-hydroxylation sites is 2. The SMILES string of the molecule is CCc1nn(C)cc1CNc1nc2ccccc2nc1N1CCOCC1. The third-order valence-corrected chi connectivity index (χ3v) is 4.64. The van der Waals surface area contributed by atoms with Gasteiger partial charge in [-0.1, -0.05) is 19.1 Å². The van der Waals surface area contributed by atoms with Gasteiger partial charge in [-0.25, -0.2) is 9.97 Å². The minimum Gasteiger partial charge on any atom is -0.378 e. The molecule has 136 valence electrons. The predicted molar refractivity (Wildman–Crippen MR) is 102 cm³/mol. The average molecular weight is 352 g/mol. The highest BCUT2D eigenvalue weighted by Gasteiger charge is 2.19. The Morgan fingerprint density at radius 3 is 2.58 bits per heavy atom. The summed E-state index contributed by atoms with van der Waals surface area (Å²) in [6.45, 7) is 5.90. The normalized spacial score (nSPS) is 14.8. The first-order valence-corrected chi connectivity index (χ1v) is 9.09. The molecule has 1 fully saturated rings. The number of rotatable bonds is 5. The molecular formula is C19H24N6O. The van der Waals surface area contributed by atoms with E-state index in [4.69, 9.17) is 14.7 Å². The minimum absolute atomic E-state index is 0.682. The standard InChI is InChI=1S/C19H24N6O/c1-3-15-14(13-24(2)23-15)12-20-18-19(25-8-10-26-11-9-25)22-17-7-5-4-6-16(17)21-18/h4-7,13H,3,8-12H2,1-2H3,(H,20,21). The van der Waals surface area contributed by atoms with E-state index in [1.165, 1.54) is 5.56 Å². The van der Waals surface area contributed by atoms with Crippen LogP contribution in [0.3, 0.4) is 0 Å². The van der Waals surface area contributed by atoms with Gasteiger partial charge in [0, 0.05) is 38.4 Å². The van der Waals surface area contributed by atoms with Crippen molar-refractivity contribution in [1.82, 2.24) is 19.7 Å². The maximum absolute atomic E-state index is 5.49. The predicted octanol–water partition coefficient (Wildman–Crippen LogP) is 2.37. The van der Waals surface area contributed by atoms with E-state index in [1.807, 2.05) is 36.0 Å². The first kappa shape index (κ1) is 16.8. The van der Waals surface area contributed by atoms with E-state index in [9.17, 15) is 0 Å². The molecule has 0 amide bonds. The van der Waals surface area contributed by atoms with Crippen molar-refractivity contribution < 1.29 is 4.74 Å². The lowest BCUT2D eigenvalue weighted by Crippen LogP contribution is -2.37. The molecule has 4 rings (SSSR count). The van der Waals surface area contributed by atoms with E-state index < -0.39 is 0 Å². The number of nitrogens with one attached hydrogen (secondary N) is 1. The number of morpholine rings is 1. The van der Waals surface area contributed by atoms with Crippen LogP contribution < -0.4 is 10.2 Å². The van der Waals surface area contributed by atoms with Crippen molar-refractivity contribution in [3.8, 4) is 0 Å². The number of benzene rings is 1. The summed E-state index contributed by atoms with van der Waals surface area (Å²) in [6.07, 6.45) is 2.98. The highest BCUT2D eigenvalue weighted by atomic mass is 16.5. The average Bonchev–Trinajstić information content (AvgIpc) is 3.06. The van der Waals surface area contributed by atoms with Crippen LogP contribution in [0.25, 0.3) is 11.0 Å². The van der Waals surface area contributed by atoms with Crippen molar-refractivity contribution >= 4 is 22.7 Å². The van der Waals surface area contributed by atoms with Crippen LogP contribution in [0.4, 0.5) is 11.6 Å². The van der Waals surface area contributed by atoms with Crippen LogP contribution in [0.2, 0.25) is 0 Å². The molecule has 3 heterocycles. The number of fused-ring (bicyclic) bond motifs is 1. The Balaban J connectivity index is 1.67. The lowest BCUT2D eigenvalue weighted by molar-refractivity contribution is 0.122. The summed E-state index contributed by atoms with van der Waals surface area (Å²) < 4.78 is 7.36. The summed E-state index contributed by atoms with van der Waals surface area (Å²) in [5.41, 5.74) is 4.11. The first-order chi connectivity index (χ1) is 12.7. The molecule has 1 aromatic carbocycles. The van der Waals surface area contributed by atoms with Gasteiger partial charge in [-0.2, -0.15) is 5.10 Å². The molecule has 7 heteroatoms. The molecule has 2 aromatic heterocycles. The Morgan fingerprint density at radius 2 is 1.85 bits per heavy atom. The number of hydrogen-bond acceptors (Lipinski definition) is 6. The molecule has 1 N–H and O–H groups in total. The fourth-order valence-corrected chi connectivity index (χ4v) is 3.31. The third kappa shape index (κ3) is 3.35. The Bertz CT molecular complexity index is 900. The number of aryl methyl sites for hydroxylation is 2.